The van der Waals surface area contributed by atoms with Gasteiger partial charge in [-0.2, -0.15) is 0 Å². The second-order valence-corrected chi connectivity index (χ2v) is 6.30. The van der Waals surface area contributed by atoms with E-state index < -0.39 is 0 Å². The molecule has 2 nitrogen and oxygen atoms in total. The van der Waals surface area contributed by atoms with E-state index in [9.17, 15) is 0 Å². The monoisotopic (exact) mass is 252 g/mol. The van der Waals surface area contributed by atoms with Gasteiger partial charge in [0.25, 0.3) is 0 Å². The summed E-state index contributed by atoms with van der Waals surface area (Å²) < 4.78 is 0. The first-order valence-corrected chi connectivity index (χ1v) is 7.14. The topological polar surface area (TPSA) is 24.9 Å². The van der Waals surface area contributed by atoms with Gasteiger partial charge in [-0.3, -0.25) is 0 Å². The number of likely N-dealkylation sites (N-methyl/N-ethyl adjacent to an activating group) is 1. The summed E-state index contributed by atoms with van der Waals surface area (Å²) in [7, 11) is 0. The zero-order chi connectivity index (χ0) is 12.9. The number of nitrogens with one attached hydrogen (secondary N) is 1. The van der Waals surface area contributed by atoms with E-state index in [-0.39, 0.29) is 5.41 Å². The molecule has 1 heterocycles. The average molecular weight is 252 g/mol. The van der Waals surface area contributed by atoms with E-state index in [0.29, 0.717) is 6.04 Å². The average Bonchev–Trinajstić information content (AvgIpc) is 2.66. The van der Waals surface area contributed by atoms with Crippen molar-refractivity contribution in [1.82, 2.24) is 10.3 Å². The molecule has 0 saturated heterocycles. The van der Waals surface area contributed by atoms with Crippen LogP contribution in [-0.2, 0) is 11.8 Å². The Labute approximate surface area is 109 Å². The van der Waals surface area contributed by atoms with Crippen LogP contribution in [0.4, 0.5) is 0 Å². The molecule has 1 N–H and O–H groups in total. The summed E-state index contributed by atoms with van der Waals surface area (Å²) in [5.41, 5.74) is 1.35. The van der Waals surface area contributed by atoms with Gasteiger partial charge in [0.05, 0.1) is 10.7 Å². The minimum atomic E-state index is 0.154. The van der Waals surface area contributed by atoms with E-state index in [1.54, 1.807) is 11.3 Å². The molecular formula is C14H24N2S. The number of aromatic nitrogens is 1. The first-order valence-electron chi connectivity index (χ1n) is 6.26. The molecule has 1 aromatic heterocycles. The Morgan fingerprint density at radius 3 is 2.71 bits per heavy atom. The molecule has 1 unspecified atom stereocenters. The smallest absolute Gasteiger partial charge is 0.0944 e. The lowest BCUT2D eigenvalue weighted by molar-refractivity contribution is 0.523. The molecule has 0 fully saturated rings. The highest BCUT2D eigenvalue weighted by atomic mass is 32.1. The summed E-state index contributed by atoms with van der Waals surface area (Å²) >= 11 is 1.77. The maximum absolute atomic E-state index is 4.73. The van der Waals surface area contributed by atoms with Crippen molar-refractivity contribution < 1.29 is 0 Å². The normalized spacial score (nSPS) is 13.6. The van der Waals surface area contributed by atoms with Crippen molar-refractivity contribution in [2.45, 2.75) is 52.0 Å². The van der Waals surface area contributed by atoms with Crippen LogP contribution in [0, 0.1) is 0 Å². The lowest BCUT2D eigenvalue weighted by Gasteiger charge is -2.16. The minimum Gasteiger partial charge on any atom is -0.314 e. The number of hydrogen-bond donors (Lipinski definition) is 1. The van der Waals surface area contributed by atoms with E-state index in [1.165, 1.54) is 10.7 Å². The van der Waals surface area contributed by atoms with Gasteiger partial charge in [-0.25, -0.2) is 4.98 Å². The molecule has 0 radical (unpaired) electrons. The highest BCUT2D eigenvalue weighted by Crippen LogP contribution is 2.24. The SMILES string of the molecule is C=CCC(Cc1nc(C(C)(C)C)cs1)NCC. The number of hydrogen-bond acceptors (Lipinski definition) is 3. The van der Waals surface area contributed by atoms with Crippen LogP contribution in [0.2, 0.25) is 0 Å². The fraction of sp³-hybridized carbons (Fsp3) is 0.643. The van der Waals surface area contributed by atoms with Gasteiger partial charge in [0.2, 0.25) is 0 Å². The Morgan fingerprint density at radius 1 is 1.53 bits per heavy atom. The van der Waals surface area contributed by atoms with Crippen molar-refractivity contribution >= 4 is 11.3 Å². The molecule has 0 aliphatic rings. The van der Waals surface area contributed by atoms with Gasteiger partial charge in [0.15, 0.2) is 0 Å². The van der Waals surface area contributed by atoms with Gasteiger partial charge in [0, 0.05) is 23.3 Å². The van der Waals surface area contributed by atoms with Crippen molar-refractivity contribution in [3.8, 4) is 0 Å². The third-order valence-corrected chi connectivity index (χ3v) is 3.56. The van der Waals surface area contributed by atoms with Crippen molar-refractivity contribution in [3.63, 3.8) is 0 Å². The van der Waals surface area contributed by atoms with Gasteiger partial charge in [-0.1, -0.05) is 33.8 Å². The maximum Gasteiger partial charge on any atom is 0.0944 e. The third kappa shape index (κ3) is 4.60. The van der Waals surface area contributed by atoms with Crippen LogP contribution < -0.4 is 5.32 Å². The summed E-state index contributed by atoms with van der Waals surface area (Å²) in [5, 5.41) is 6.89. The molecule has 0 aromatic carbocycles. The second-order valence-electron chi connectivity index (χ2n) is 5.36. The number of rotatable bonds is 6. The predicted molar refractivity (Wildman–Crippen MR) is 76.8 cm³/mol. The number of thiazole rings is 1. The minimum absolute atomic E-state index is 0.154. The van der Waals surface area contributed by atoms with Crippen LogP contribution in [0.25, 0.3) is 0 Å². The van der Waals surface area contributed by atoms with Gasteiger partial charge in [-0.05, 0) is 13.0 Å². The van der Waals surface area contributed by atoms with Gasteiger partial charge < -0.3 is 5.32 Å². The molecule has 0 spiro atoms. The summed E-state index contributed by atoms with van der Waals surface area (Å²) in [6.45, 7) is 13.6. The molecule has 1 rings (SSSR count). The molecule has 96 valence electrons. The lowest BCUT2D eigenvalue weighted by atomic mass is 9.93. The Balaban J connectivity index is 2.66. The Hall–Kier alpha value is -0.670. The standard InChI is InChI=1S/C14H24N2S/c1-6-8-11(15-7-2)9-13-16-12(10-17-13)14(3,4)5/h6,10-11,15H,1,7-9H2,2-5H3. The predicted octanol–water partition coefficient (Wildman–Crippen LogP) is 3.54. The molecule has 0 aliphatic heterocycles. The van der Waals surface area contributed by atoms with Crippen molar-refractivity contribution in [1.29, 1.82) is 0 Å². The second kappa shape index (κ2) is 6.31. The lowest BCUT2D eigenvalue weighted by Crippen LogP contribution is -2.30. The molecular weight excluding hydrogens is 228 g/mol. The summed E-state index contributed by atoms with van der Waals surface area (Å²) in [6, 6.07) is 0.469. The summed E-state index contributed by atoms with van der Waals surface area (Å²) in [4.78, 5) is 4.73. The van der Waals surface area contributed by atoms with Crippen LogP contribution in [0.1, 0.15) is 44.8 Å². The van der Waals surface area contributed by atoms with Gasteiger partial charge >= 0.3 is 0 Å². The highest BCUT2D eigenvalue weighted by Gasteiger charge is 2.18. The van der Waals surface area contributed by atoms with Crippen LogP contribution in [0.15, 0.2) is 18.0 Å². The molecule has 0 saturated carbocycles. The van der Waals surface area contributed by atoms with Crippen LogP contribution in [-0.4, -0.2) is 17.6 Å². The Kier molecular flexibility index (Phi) is 5.34. The molecule has 17 heavy (non-hydrogen) atoms. The fourth-order valence-corrected chi connectivity index (χ4v) is 2.79. The Morgan fingerprint density at radius 2 is 2.24 bits per heavy atom. The fourth-order valence-electron chi connectivity index (χ4n) is 1.69. The Bertz CT molecular complexity index is 349. The van der Waals surface area contributed by atoms with Gasteiger partial charge in [0.1, 0.15) is 0 Å². The van der Waals surface area contributed by atoms with Crippen molar-refractivity contribution in [3.05, 3.63) is 28.7 Å². The quantitative estimate of drug-likeness (QED) is 0.783. The number of nitrogens with zero attached hydrogens (tertiary/aromatic N) is 1. The first kappa shape index (κ1) is 14.4. The van der Waals surface area contributed by atoms with E-state index in [0.717, 1.165) is 19.4 Å². The molecule has 3 heteroatoms. The first-order chi connectivity index (χ1) is 7.97. The maximum atomic E-state index is 4.73. The zero-order valence-corrected chi connectivity index (χ0v) is 12.2. The van der Waals surface area contributed by atoms with E-state index in [1.807, 2.05) is 6.08 Å². The van der Waals surface area contributed by atoms with E-state index in [4.69, 9.17) is 4.98 Å². The van der Waals surface area contributed by atoms with Crippen LogP contribution in [0.3, 0.4) is 0 Å². The molecule has 0 amide bonds. The summed E-state index contributed by atoms with van der Waals surface area (Å²) in [5.74, 6) is 0. The van der Waals surface area contributed by atoms with Gasteiger partial charge in [-0.15, -0.1) is 17.9 Å². The van der Waals surface area contributed by atoms with E-state index in [2.05, 4.69) is 45.0 Å². The highest BCUT2D eigenvalue weighted by molar-refractivity contribution is 7.09. The molecule has 0 bridgehead atoms. The largest absolute Gasteiger partial charge is 0.314 e. The molecule has 1 atom stereocenters. The zero-order valence-electron chi connectivity index (χ0n) is 11.4. The van der Waals surface area contributed by atoms with Crippen molar-refractivity contribution in [2.24, 2.45) is 0 Å². The summed E-state index contributed by atoms with van der Waals surface area (Å²) in [6.07, 6.45) is 3.98. The van der Waals surface area contributed by atoms with Crippen LogP contribution >= 0.6 is 11.3 Å². The van der Waals surface area contributed by atoms with Crippen LogP contribution in [0.5, 0.6) is 0 Å². The molecule has 1 aromatic rings. The third-order valence-electron chi connectivity index (χ3n) is 2.69. The van der Waals surface area contributed by atoms with E-state index >= 15 is 0 Å². The molecule has 0 aliphatic carbocycles. The van der Waals surface area contributed by atoms with Crippen molar-refractivity contribution in [2.75, 3.05) is 6.54 Å².